The van der Waals surface area contributed by atoms with Crippen molar-refractivity contribution >= 4 is 21.8 Å². The van der Waals surface area contributed by atoms with Gasteiger partial charge in [-0.3, -0.25) is 14.4 Å². The van der Waals surface area contributed by atoms with E-state index in [0.717, 1.165) is 35.0 Å². The van der Waals surface area contributed by atoms with Crippen molar-refractivity contribution < 1.29 is 35.9 Å². The van der Waals surface area contributed by atoms with Crippen molar-refractivity contribution in [3.63, 3.8) is 0 Å². The number of benzene rings is 1. The van der Waals surface area contributed by atoms with Crippen LogP contribution in [0, 0.1) is 0 Å². The SMILES string of the molecule is CCCn1ccc(CNC(=O)[C@H]2CN(C(C)=O)CCN2S(=O)(=O)c2ccc(OC(F)(F)F)cc2)cc1=O. The number of halogens is 3. The van der Waals surface area contributed by atoms with Crippen molar-refractivity contribution in [2.24, 2.45) is 0 Å². The standard InChI is InChI=1S/C23H27F3N4O6S/c1-3-9-28-10-8-17(13-21(28)32)14-27-22(33)20-15-29(16(2)31)11-12-30(20)37(34,35)19-6-4-18(5-7-19)36-23(24,25)26/h4-8,10,13,20H,3,9,11-12,14-15H2,1-2H3,(H,27,33)/t20-/m1/s1. The third kappa shape index (κ3) is 7.10. The van der Waals surface area contributed by atoms with Crippen LogP contribution in [-0.4, -0.2) is 66.0 Å². The molecule has 37 heavy (non-hydrogen) atoms. The van der Waals surface area contributed by atoms with Crippen LogP contribution in [0.1, 0.15) is 25.8 Å². The highest BCUT2D eigenvalue weighted by molar-refractivity contribution is 7.89. The number of carbonyl (C=O) groups excluding carboxylic acids is 2. The van der Waals surface area contributed by atoms with Crippen LogP contribution in [-0.2, 0) is 32.7 Å². The zero-order chi connectivity index (χ0) is 27.4. The average Bonchev–Trinajstić information content (AvgIpc) is 2.83. The van der Waals surface area contributed by atoms with Crippen molar-refractivity contribution in [1.82, 2.24) is 19.1 Å². The molecular formula is C23H27F3N4O6S. The maximum atomic E-state index is 13.3. The molecule has 1 N–H and O–H groups in total. The Balaban J connectivity index is 1.81. The number of rotatable bonds is 8. The predicted molar refractivity (Wildman–Crippen MR) is 126 cm³/mol. The van der Waals surface area contributed by atoms with E-state index in [4.69, 9.17) is 0 Å². The van der Waals surface area contributed by atoms with Gasteiger partial charge in [-0.25, -0.2) is 8.42 Å². The Morgan fingerprint density at radius 2 is 1.81 bits per heavy atom. The van der Waals surface area contributed by atoms with Crippen molar-refractivity contribution in [2.75, 3.05) is 19.6 Å². The molecule has 0 bridgehead atoms. The Morgan fingerprint density at radius 3 is 2.38 bits per heavy atom. The lowest BCUT2D eigenvalue weighted by Gasteiger charge is -2.39. The number of aromatic nitrogens is 1. The molecule has 1 saturated heterocycles. The first kappa shape index (κ1) is 28.2. The monoisotopic (exact) mass is 544 g/mol. The summed E-state index contributed by atoms with van der Waals surface area (Å²) in [7, 11) is -4.32. The van der Waals surface area contributed by atoms with E-state index in [2.05, 4.69) is 10.1 Å². The molecule has 3 rings (SSSR count). The highest BCUT2D eigenvalue weighted by atomic mass is 32.2. The minimum Gasteiger partial charge on any atom is -0.406 e. The number of piperazine rings is 1. The summed E-state index contributed by atoms with van der Waals surface area (Å²) in [6, 6.07) is 5.37. The number of nitrogens with zero attached hydrogens (tertiary/aromatic N) is 3. The molecule has 2 aromatic rings. The van der Waals surface area contributed by atoms with Gasteiger partial charge in [0, 0.05) is 51.9 Å². The number of alkyl halides is 3. The number of sulfonamides is 1. The van der Waals surface area contributed by atoms with Gasteiger partial charge < -0.3 is 19.5 Å². The molecule has 1 atom stereocenters. The third-order valence-electron chi connectivity index (χ3n) is 5.73. The Bertz CT molecular complexity index is 1290. The summed E-state index contributed by atoms with van der Waals surface area (Å²) >= 11 is 0. The zero-order valence-corrected chi connectivity index (χ0v) is 21.0. The molecule has 2 amide bonds. The molecule has 0 aliphatic carbocycles. The van der Waals surface area contributed by atoms with E-state index in [1.54, 1.807) is 12.3 Å². The summed E-state index contributed by atoms with van der Waals surface area (Å²) in [4.78, 5) is 38.2. The van der Waals surface area contributed by atoms with Crippen LogP contribution in [0.5, 0.6) is 5.75 Å². The molecule has 1 fully saturated rings. The Hall–Kier alpha value is -3.39. The van der Waals surface area contributed by atoms with Crippen LogP contribution in [0.25, 0.3) is 0 Å². The van der Waals surface area contributed by atoms with Crippen molar-refractivity contribution in [3.05, 3.63) is 58.5 Å². The minimum absolute atomic E-state index is 0.0310. The zero-order valence-electron chi connectivity index (χ0n) is 20.2. The van der Waals surface area contributed by atoms with Gasteiger partial charge in [0.1, 0.15) is 11.8 Å². The van der Waals surface area contributed by atoms with E-state index < -0.39 is 34.1 Å². The van der Waals surface area contributed by atoms with E-state index in [1.165, 1.54) is 22.5 Å². The van der Waals surface area contributed by atoms with Crippen molar-refractivity contribution in [1.29, 1.82) is 0 Å². The molecule has 1 aromatic heterocycles. The molecule has 202 valence electrons. The van der Waals surface area contributed by atoms with Gasteiger partial charge in [0.05, 0.1) is 4.90 Å². The smallest absolute Gasteiger partial charge is 0.406 e. The van der Waals surface area contributed by atoms with Gasteiger partial charge in [0.15, 0.2) is 0 Å². The van der Waals surface area contributed by atoms with Gasteiger partial charge in [-0.05, 0) is 42.3 Å². The lowest BCUT2D eigenvalue weighted by Crippen LogP contribution is -2.61. The number of hydrogen-bond acceptors (Lipinski definition) is 6. The highest BCUT2D eigenvalue weighted by Crippen LogP contribution is 2.27. The number of pyridine rings is 1. The summed E-state index contributed by atoms with van der Waals surface area (Å²) < 4.78 is 70.2. The fourth-order valence-corrected chi connectivity index (χ4v) is 5.46. The fraction of sp³-hybridized carbons (Fsp3) is 0.435. The number of amides is 2. The molecule has 2 heterocycles. The van der Waals surface area contributed by atoms with Crippen LogP contribution in [0.3, 0.4) is 0 Å². The van der Waals surface area contributed by atoms with Gasteiger partial charge in [0.25, 0.3) is 5.56 Å². The fourth-order valence-electron chi connectivity index (χ4n) is 3.89. The van der Waals surface area contributed by atoms with E-state index in [1.807, 2.05) is 6.92 Å². The maximum Gasteiger partial charge on any atom is 0.573 e. The van der Waals surface area contributed by atoms with Crippen LogP contribution in [0.2, 0.25) is 0 Å². The topological polar surface area (TPSA) is 118 Å². The first-order valence-corrected chi connectivity index (χ1v) is 12.9. The summed E-state index contributed by atoms with van der Waals surface area (Å²) in [6.45, 7) is 3.34. The molecule has 0 spiro atoms. The average molecular weight is 545 g/mol. The van der Waals surface area contributed by atoms with Crippen LogP contribution < -0.4 is 15.6 Å². The Labute approximate surface area is 211 Å². The second-order valence-corrected chi connectivity index (χ2v) is 10.3. The number of hydrogen-bond donors (Lipinski definition) is 1. The van der Waals surface area contributed by atoms with Gasteiger partial charge >= 0.3 is 6.36 Å². The number of ether oxygens (including phenoxy) is 1. The number of aryl methyl sites for hydroxylation is 1. The van der Waals surface area contributed by atoms with Gasteiger partial charge in [0.2, 0.25) is 21.8 Å². The molecule has 1 aromatic carbocycles. The Morgan fingerprint density at radius 1 is 1.14 bits per heavy atom. The lowest BCUT2D eigenvalue weighted by atomic mass is 10.2. The lowest BCUT2D eigenvalue weighted by molar-refractivity contribution is -0.274. The number of carbonyl (C=O) groups is 2. The van der Waals surface area contributed by atoms with Crippen molar-refractivity contribution in [2.45, 2.75) is 50.7 Å². The molecule has 0 unspecified atom stereocenters. The van der Waals surface area contributed by atoms with Crippen LogP contribution in [0.4, 0.5) is 13.2 Å². The maximum absolute atomic E-state index is 13.3. The molecule has 0 saturated carbocycles. The highest BCUT2D eigenvalue weighted by Gasteiger charge is 2.41. The van der Waals surface area contributed by atoms with Crippen molar-refractivity contribution in [3.8, 4) is 5.75 Å². The van der Waals surface area contributed by atoms with Crippen LogP contribution >= 0.6 is 0 Å². The molecule has 1 aliphatic rings. The first-order chi connectivity index (χ1) is 17.3. The quantitative estimate of drug-likeness (QED) is 0.541. The van der Waals surface area contributed by atoms with E-state index in [0.29, 0.717) is 12.1 Å². The summed E-state index contributed by atoms with van der Waals surface area (Å²) in [5, 5.41) is 2.62. The molecule has 1 aliphatic heterocycles. The van der Waals surface area contributed by atoms with Gasteiger partial charge in [-0.2, -0.15) is 4.31 Å². The summed E-state index contributed by atoms with van der Waals surface area (Å²) in [5.74, 6) is -1.63. The predicted octanol–water partition coefficient (Wildman–Crippen LogP) is 1.69. The summed E-state index contributed by atoms with van der Waals surface area (Å²) in [5.41, 5.74) is 0.274. The minimum atomic E-state index is -4.94. The van der Waals surface area contributed by atoms with Gasteiger partial charge in [-0.1, -0.05) is 6.92 Å². The van der Waals surface area contributed by atoms with E-state index >= 15 is 0 Å². The molecule has 0 radical (unpaired) electrons. The largest absolute Gasteiger partial charge is 0.573 e. The molecule has 10 nitrogen and oxygen atoms in total. The third-order valence-corrected chi connectivity index (χ3v) is 7.66. The van der Waals surface area contributed by atoms with E-state index in [9.17, 15) is 36.0 Å². The second kappa shape index (κ2) is 11.3. The first-order valence-electron chi connectivity index (χ1n) is 11.4. The normalized spacial score (nSPS) is 16.9. The molecule has 14 heteroatoms. The van der Waals surface area contributed by atoms with Crippen LogP contribution in [0.15, 0.2) is 52.3 Å². The number of nitrogens with one attached hydrogen (secondary N) is 1. The van der Waals surface area contributed by atoms with Gasteiger partial charge in [-0.15, -0.1) is 13.2 Å². The summed E-state index contributed by atoms with van der Waals surface area (Å²) in [6.07, 6.45) is -2.56. The Kier molecular flexibility index (Phi) is 8.64. The van der Waals surface area contributed by atoms with E-state index in [-0.39, 0.29) is 42.5 Å². The second-order valence-electron chi connectivity index (χ2n) is 8.40. The molecular weight excluding hydrogens is 517 g/mol.